The van der Waals surface area contributed by atoms with E-state index in [1.165, 1.54) is 20.2 Å². The van der Waals surface area contributed by atoms with Gasteiger partial charge in [-0.1, -0.05) is 6.92 Å². The van der Waals surface area contributed by atoms with Crippen molar-refractivity contribution in [3.8, 4) is 0 Å². The van der Waals surface area contributed by atoms with Crippen molar-refractivity contribution in [1.29, 1.82) is 0 Å². The van der Waals surface area contributed by atoms with Gasteiger partial charge < -0.3 is 24.5 Å². The number of H-pyrrole nitrogens is 1. The van der Waals surface area contributed by atoms with E-state index in [0.29, 0.717) is 6.16 Å². The number of amides is 1. The monoisotopic (exact) mass is 417 g/mol. The van der Waals surface area contributed by atoms with Gasteiger partial charge in [0.2, 0.25) is 5.91 Å². The Morgan fingerprint density at radius 3 is 2.68 bits per heavy atom. The van der Waals surface area contributed by atoms with E-state index in [-0.39, 0.29) is 18.1 Å². The number of aliphatic hydroxyl groups excluding tert-OH is 1. The molecular weight excluding hydrogens is 389 g/mol. The Morgan fingerprint density at radius 2 is 2.11 bits per heavy atom. The lowest BCUT2D eigenvalue weighted by Gasteiger charge is -2.24. The van der Waals surface area contributed by atoms with Crippen LogP contribution < -0.4 is 16.6 Å². The van der Waals surface area contributed by atoms with Crippen LogP contribution in [0, 0.1) is 12.8 Å². The van der Waals surface area contributed by atoms with Crippen LogP contribution >= 0.6 is 7.14 Å². The van der Waals surface area contributed by atoms with Crippen molar-refractivity contribution in [3.05, 3.63) is 32.6 Å². The van der Waals surface area contributed by atoms with E-state index in [4.69, 9.17) is 9.47 Å². The Hall–Kier alpha value is -1.74. The number of aromatic amines is 1. The fourth-order valence-corrected chi connectivity index (χ4v) is 4.96. The Labute approximate surface area is 162 Å². The summed E-state index contributed by atoms with van der Waals surface area (Å²) in [6, 6.07) is 0. The number of likely N-dealkylation sites (N-methyl/N-ethyl adjacent to an activating group) is 1. The van der Waals surface area contributed by atoms with Gasteiger partial charge in [-0.05, 0) is 26.2 Å². The highest BCUT2D eigenvalue weighted by Crippen LogP contribution is 2.42. The molecule has 2 heterocycles. The number of aryl methyl sites for hydroxylation is 1. The van der Waals surface area contributed by atoms with Gasteiger partial charge in [-0.25, -0.2) is 4.79 Å². The standard InChI is InChI=1S/C17H28N3O7P/c1-9-6-20(17(24)19-15(9)23)16-14(26-7-11(21)18-3)12(22)13(27-16)10(2)8-28(4,5)25/h6,10,12-14,16,22H,7-8H2,1-5H3,(H,18,21)(H,19,23,24)/t10-,12-,13-,14-,16-/m1/s1. The van der Waals surface area contributed by atoms with Gasteiger partial charge in [0.25, 0.3) is 5.56 Å². The molecule has 0 unspecified atom stereocenters. The molecule has 0 radical (unpaired) electrons. The van der Waals surface area contributed by atoms with Crippen LogP contribution in [0.1, 0.15) is 18.7 Å². The molecule has 0 aromatic carbocycles. The van der Waals surface area contributed by atoms with Gasteiger partial charge in [0.05, 0.1) is 13.2 Å². The lowest BCUT2D eigenvalue weighted by atomic mass is 10.00. The molecule has 0 bridgehead atoms. The van der Waals surface area contributed by atoms with Crippen LogP contribution in [0.4, 0.5) is 0 Å². The molecule has 0 saturated carbocycles. The van der Waals surface area contributed by atoms with Crippen LogP contribution in [-0.2, 0) is 18.8 Å². The van der Waals surface area contributed by atoms with Crippen molar-refractivity contribution in [2.75, 3.05) is 33.1 Å². The Balaban J connectivity index is 2.38. The van der Waals surface area contributed by atoms with E-state index in [2.05, 4.69) is 10.3 Å². The van der Waals surface area contributed by atoms with E-state index in [1.807, 2.05) is 0 Å². The lowest BCUT2D eigenvalue weighted by Crippen LogP contribution is -2.41. The summed E-state index contributed by atoms with van der Waals surface area (Å²) in [7, 11) is -0.934. The van der Waals surface area contributed by atoms with E-state index >= 15 is 0 Å². The zero-order valence-corrected chi connectivity index (χ0v) is 17.6. The van der Waals surface area contributed by atoms with Gasteiger partial charge in [0, 0.05) is 25.0 Å². The third-order valence-electron chi connectivity index (χ3n) is 4.65. The van der Waals surface area contributed by atoms with Crippen LogP contribution in [0.2, 0.25) is 0 Å². The van der Waals surface area contributed by atoms with Gasteiger partial charge in [-0.3, -0.25) is 19.1 Å². The molecule has 0 aliphatic carbocycles. The molecule has 1 aromatic heterocycles. The first-order chi connectivity index (χ1) is 12.9. The summed E-state index contributed by atoms with van der Waals surface area (Å²) < 4.78 is 24.8. The van der Waals surface area contributed by atoms with Crippen molar-refractivity contribution >= 4 is 13.0 Å². The smallest absolute Gasteiger partial charge is 0.330 e. The van der Waals surface area contributed by atoms with Crippen LogP contribution in [-0.4, -0.2) is 72.0 Å². The number of carbonyl (C=O) groups is 1. The van der Waals surface area contributed by atoms with E-state index < -0.39 is 48.8 Å². The average Bonchev–Trinajstić information content (AvgIpc) is 2.91. The SMILES string of the molecule is CNC(=O)CO[C@@H]1[C@H](O)[C@@H]([C@H](C)CP(C)(C)=O)O[C@H]1n1cc(C)c(=O)[nH]c1=O. The molecule has 11 heteroatoms. The van der Waals surface area contributed by atoms with Gasteiger partial charge >= 0.3 is 5.69 Å². The van der Waals surface area contributed by atoms with Crippen LogP contribution in [0.25, 0.3) is 0 Å². The molecule has 5 atom stereocenters. The summed E-state index contributed by atoms with van der Waals surface area (Å²) in [5.41, 5.74) is -0.956. The fraction of sp³-hybridized carbons (Fsp3) is 0.706. The number of hydrogen-bond acceptors (Lipinski definition) is 7. The molecule has 28 heavy (non-hydrogen) atoms. The highest BCUT2D eigenvalue weighted by atomic mass is 31.2. The molecule has 158 valence electrons. The number of ether oxygens (including phenoxy) is 2. The predicted octanol–water partition coefficient (Wildman–Crippen LogP) is -0.507. The number of aromatic nitrogens is 2. The Kier molecular flexibility index (Phi) is 7.03. The molecule has 1 aromatic rings. The van der Waals surface area contributed by atoms with Crippen molar-refractivity contribution in [3.63, 3.8) is 0 Å². The minimum absolute atomic E-state index is 0.283. The third-order valence-corrected chi connectivity index (χ3v) is 6.10. The molecule has 1 amide bonds. The molecule has 2 rings (SSSR count). The quantitative estimate of drug-likeness (QED) is 0.508. The second kappa shape index (κ2) is 8.73. The summed E-state index contributed by atoms with van der Waals surface area (Å²) in [6.45, 7) is 6.30. The van der Waals surface area contributed by atoms with E-state index in [1.54, 1.807) is 20.3 Å². The number of carbonyl (C=O) groups excluding carboxylic acids is 1. The van der Waals surface area contributed by atoms with Crippen molar-refractivity contribution < 1.29 is 23.9 Å². The number of aliphatic hydroxyl groups is 1. The molecular formula is C17H28N3O7P. The maximum atomic E-state index is 12.3. The summed E-state index contributed by atoms with van der Waals surface area (Å²) in [5.74, 6) is -0.689. The van der Waals surface area contributed by atoms with Gasteiger partial charge in [0.1, 0.15) is 18.8 Å². The average molecular weight is 417 g/mol. The molecule has 1 aliphatic rings. The zero-order chi connectivity index (χ0) is 21.2. The number of rotatable bonds is 7. The van der Waals surface area contributed by atoms with Gasteiger partial charge in [-0.15, -0.1) is 0 Å². The normalized spacial score (nSPS) is 26.2. The van der Waals surface area contributed by atoms with Crippen molar-refractivity contribution in [2.24, 2.45) is 5.92 Å². The maximum Gasteiger partial charge on any atom is 0.330 e. The highest BCUT2D eigenvalue weighted by Gasteiger charge is 2.48. The number of hydrogen-bond donors (Lipinski definition) is 3. The Morgan fingerprint density at radius 1 is 1.46 bits per heavy atom. The summed E-state index contributed by atoms with van der Waals surface area (Å²) in [4.78, 5) is 37.7. The summed E-state index contributed by atoms with van der Waals surface area (Å²) >= 11 is 0. The first-order valence-corrected chi connectivity index (χ1v) is 11.7. The minimum Gasteiger partial charge on any atom is -0.387 e. The van der Waals surface area contributed by atoms with Crippen LogP contribution in [0.3, 0.4) is 0 Å². The van der Waals surface area contributed by atoms with Gasteiger partial charge in [0.15, 0.2) is 6.23 Å². The largest absolute Gasteiger partial charge is 0.387 e. The molecule has 10 nitrogen and oxygen atoms in total. The third kappa shape index (κ3) is 5.20. The van der Waals surface area contributed by atoms with Gasteiger partial charge in [-0.2, -0.15) is 0 Å². The summed E-state index contributed by atoms with van der Waals surface area (Å²) in [6.07, 6.45) is -2.33. The first kappa shape index (κ1) is 22.5. The lowest BCUT2D eigenvalue weighted by molar-refractivity contribution is -0.132. The predicted molar refractivity (Wildman–Crippen MR) is 103 cm³/mol. The first-order valence-electron chi connectivity index (χ1n) is 8.96. The number of nitrogens with one attached hydrogen (secondary N) is 2. The fourth-order valence-electron chi connectivity index (χ4n) is 3.37. The molecule has 1 aliphatic heterocycles. The number of nitrogens with zero attached hydrogens (tertiary/aromatic N) is 1. The van der Waals surface area contributed by atoms with Crippen molar-refractivity contribution in [2.45, 2.75) is 38.4 Å². The van der Waals surface area contributed by atoms with Crippen LogP contribution in [0.5, 0.6) is 0 Å². The second-order valence-corrected chi connectivity index (χ2v) is 11.2. The zero-order valence-electron chi connectivity index (χ0n) is 16.7. The molecule has 0 spiro atoms. The second-order valence-electron chi connectivity index (χ2n) is 7.64. The molecule has 3 N–H and O–H groups in total. The Bertz CT molecular complexity index is 874. The van der Waals surface area contributed by atoms with Crippen molar-refractivity contribution in [1.82, 2.24) is 14.9 Å². The van der Waals surface area contributed by atoms with E-state index in [9.17, 15) is 24.1 Å². The summed E-state index contributed by atoms with van der Waals surface area (Å²) in [5, 5.41) is 13.2. The molecule has 1 fully saturated rings. The maximum absolute atomic E-state index is 12.3. The van der Waals surface area contributed by atoms with E-state index in [0.717, 1.165) is 4.57 Å². The topological polar surface area (TPSA) is 140 Å². The highest BCUT2D eigenvalue weighted by molar-refractivity contribution is 7.62. The molecule has 1 saturated heterocycles. The van der Waals surface area contributed by atoms with Crippen LogP contribution in [0.15, 0.2) is 15.8 Å². The minimum atomic E-state index is -2.38.